The summed E-state index contributed by atoms with van der Waals surface area (Å²) in [6.45, 7) is 0. The normalized spacial score (nSPS) is 8.00. The largest absolute Gasteiger partial charge is 0.478 e. The Bertz CT molecular complexity index is 204. The maximum Gasteiger partial charge on any atom is 0.335 e. The summed E-state index contributed by atoms with van der Waals surface area (Å²) in [6, 6.07) is 8.30. The van der Waals surface area contributed by atoms with E-state index in [1.807, 2.05) is 0 Å². The van der Waals surface area contributed by atoms with E-state index in [9.17, 15) is 4.79 Å². The van der Waals surface area contributed by atoms with Crippen molar-refractivity contribution in [2.24, 2.45) is 0 Å². The third kappa shape index (κ3) is 1.90. The van der Waals surface area contributed by atoms with Crippen LogP contribution in [0.4, 0.5) is 0 Å². The van der Waals surface area contributed by atoms with E-state index in [-0.39, 0.29) is 7.43 Å². The summed E-state index contributed by atoms with van der Waals surface area (Å²) >= 11 is 0. The van der Waals surface area contributed by atoms with E-state index in [1.54, 1.807) is 30.3 Å². The fourth-order valence-corrected chi connectivity index (χ4v) is 0.581. The molecule has 4 radical (unpaired) electrons. The standard InChI is InChI=1S/C7H6O2.C/c8-7(9)6-4-2-1-3-5-6;/h1-5H,(H,8,9);. The lowest BCUT2D eigenvalue weighted by Gasteiger charge is -1.88. The zero-order valence-electron chi connectivity index (χ0n) is 5.24. The Morgan fingerprint density at radius 2 is 1.70 bits per heavy atom. The fourth-order valence-electron chi connectivity index (χ4n) is 0.581. The Morgan fingerprint density at radius 1 is 1.20 bits per heavy atom. The first-order valence-corrected chi connectivity index (χ1v) is 2.59. The number of hydrogen-bond donors (Lipinski definition) is 1. The molecule has 0 atom stereocenters. The van der Waals surface area contributed by atoms with E-state index in [1.165, 1.54) is 0 Å². The van der Waals surface area contributed by atoms with E-state index < -0.39 is 5.97 Å². The molecule has 0 amide bonds. The summed E-state index contributed by atoms with van der Waals surface area (Å²) in [5.74, 6) is -0.879. The molecule has 0 saturated carbocycles. The minimum absolute atomic E-state index is 0. The number of aromatic carboxylic acids is 1. The van der Waals surface area contributed by atoms with E-state index >= 15 is 0 Å². The predicted molar refractivity (Wildman–Crippen MR) is 36.6 cm³/mol. The summed E-state index contributed by atoms with van der Waals surface area (Å²) in [7, 11) is 0. The number of carboxylic acid groups (broad SMARTS) is 1. The van der Waals surface area contributed by atoms with Crippen LogP contribution in [0.3, 0.4) is 0 Å². The Hall–Kier alpha value is -1.31. The van der Waals surface area contributed by atoms with Gasteiger partial charge in [0.1, 0.15) is 0 Å². The van der Waals surface area contributed by atoms with Crippen molar-refractivity contribution in [1.82, 2.24) is 0 Å². The van der Waals surface area contributed by atoms with Crippen LogP contribution in [0, 0.1) is 7.43 Å². The van der Waals surface area contributed by atoms with Crippen LogP contribution in [0.2, 0.25) is 0 Å². The molecule has 1 aromatic rings. The SMILES string of the molecule is O=C(O)c1ccccc1.[C]. The second-order valence-electron chi connectivity index (χ2n) is 1.67. The summed E-state index contributed by atoms with van der Waals surface area (Å²) in [5.41, 5.74) is 0.331. The zero-order chi connectivity index (χ0) is 6.69. The Labute approximate surface area is 60.1 Å². The molecule has 1 aromatic carbocycles. The van der Waals surface area contributed by atoms with E-state index in [2.05, 4.69) is 0 Å². The molecule has 0 saturated heterocycles. The van der Waals surface area contributed by atoms with Gasteiger partial charge >= 0.3 is 5.97 Å². The second kappa shape index (κ2) is 3.67. The van der Waals surface area contributed by atoms with Crippen molar-refractivity contribution in [3.05, 3.63) is 43.3 Å². The smallest absolute Gasteiger partial charge is 0.335 e. The van der Waals surface area contributed by atoms with Crippen LogP contribution in [-0.2, 0) is 0 Å². The molecule has 50 valence electrons. The predicted octanol–water partition coefficient (Wildman–Crippen LogP) is 1.47. The molecule has 0 aliphatic rings. The molecule has 1 rings (SSSR count). The molecule has 1 N–H and O–H groups in total. The number of benzene rings is 1. The van der Waals surface area contributed by atoms with Crippen molar-refractivity contribution in [2.45, 2.75) is 0 Å². The monoisotopic (exact) mass is 134 g/mol. The summed E-state index contributed by atoms with van der Waals surface area (Å²) in [6.07, 6.45) is 0. The molecule has 10 heavy (non-hydrogen) atoms. The van der Waals surface area contributed by atoms with Gasteiger partial charge in [0.05, 0.1) is 5.56 Å². The maximum atomic E-state index is 10.2. The van der Waals surface area contributed by atoms with E-state index in [0.717, 1.165) is 0 Å². The number of rotatable bonds is 1. The minimum Gasteiger partial charge on any atom is -0.478 e. The molecule has 0 aliphatic carbocycles. The van der Waals surface area contributed by atoms with Crippen LogP contribution in [0.15, 0.2) is 30.3 Å². The lowest BCUT2D eigenvalue weighted by Crippen LogP contribution is -1.93. The van der Waals surface area contributed by atoms with Gasteiger partial charge < -0.3 is 5.11 Å². The molecule has 2 nitrogen and oxygen atoms in total. The first-order valence-electron chi connectivity index (χ1n) is 2.59. The van der Waals surface area contributed by atoms with E-state index in [0.29, 0.717) is 5.56 Å². The molecule has 2 heteroatoms. The van der Waals surface area contributed by atoms with Gasteiger partial charge in [-0.3, -0.25) is 0 Å². The van der Waals surface area contributed by atoms with Gasteiger partial charge in [0.2, 0.25) is 0 Å². The van der Waals surface area contributed by atoms with Crippen LogP contribution in [0.25, 0.3) is 0 Å². The summed E-state index contributed by atoms with van der Waals surface area (Å²) < 4.78 is 0. The first kappa shape index (κ1) is 8.69. The van der Waals surface area contributed by atoms with Crippen molar-refractivity contribution in [1.29, 1.82) is 0 Å². The molecular formula is C8H6O2. The van der Waals surface area contributed by atoms with Crippen molar-refractivity contribution < 1.29 is 9.90 Å². The van der Waals surface area contributed by atoms with Crippen molar-refractivity contribution in [2.75, 3.05) is 0 Å². The van der Waals surface area contributed by atoms with Gasteiger partial charge in [0.15, 0.2) is 0 Å². The Kier molecular flexibility index (Phi) is 3.19. The second-order valence-corrected chi connectivity index (χ2v) is 1.67. The lowest BCUT2D eigenvalue weighted by molar-refractivity contribution is 0.0697. The molecule has 0 aromatic heterocycles. The molecule has 0 unspecified atom stereocenters. The van der Waals surface area contributed by atoms with Gasteiger partial charge in [0.25, 0.3) is 0 Å². The van der Waals surface area contributed by atoms with Crippen LogP contribution in [0.1, 0.15) is 10.4 Å². The van der Waals surface area contributed by atoms with Crippen molar-refractivity contribution >= 4 is 5.97 Å². The third-order valence-corrected chi connectivity index (χ3v) is 1.02. The highest BCUT2D eigenvalue weighted by Gasteiger charge is 1.96. The lowest BCUT2D eigenvalue weighted by atomic mass is 10.2. The van der Waals surface area contributed by atoms with Gasteiger partial charge in [-0.2, -0.15) is 0 Å². The van der Waals surface area contributed by atoms with Crippen LogP contribution in [0.5, 0.6) is 0 Å². The van der Waals surface area contributed by atoms with Gasteiger partial charge in [-0.25, -0.2) is 4.79 Å². The first-order chi connectivity index (χ1) is 4.30. The summed E-state index contributed by atoms with van der Waals surface area (Å²) in [4.78, 5) is 10.2. The van der Waals surface area contributed by atoms with Gasteiger partial charge in [-0.05, 0) is 12.1 Å². The highest BCUT2D eigenvalue weighted by molar-refractivity contribution is 5.87. The number of carboxylic acids is 1. The Morgan fingerprint density at radius 3 is 2.00 bits per heavy atom. The zero-order valence-corrected chi connectivity index (χ0v) is 5.24. The highest BCUT2D eigenvalue weighted by atomic mass is 16.4. The molecule has 0 heterocycles. The highest BCUT2D eigenvalue weighted by Crippen LogP contribution is 1.96. The molecular weight excluding hydrogens is 128 g/mol. The van der Waals surface area contributed by atoms with Gasteiger partial charge in [-0.1, -0.05) is 18.2 Å². The maximum absolute atomic E-state index is 10.2. The molecule has 0 bridgehead atoms. The van der Waals surface area contributed by atoms with Crippen molar-refractivity contribution in [3.63, 3.8) is 0 Å². The van der Waals surface area contributed by atoms with Gasteiger partial charge in [0, 0.05) is 7.43 Å². The minimum atomic E-state index is -0.879. The fraction of sp³-hybridized carbons (Fsp3) is 0. The van der Waals surface area contributed by atoms with Crippen LogP contribution >= 0.6 is 0 Å². The molecule has 0 spiro atoms. The Balaban J connectivity index is 0.000000810. The van der Waals surface area contributed by atoms with Gasteiger partial charge in [-0.15, -0.1) is 0 Å². The van der Waals surface area contributed by atoms with Crippen molar-refractivity contribution in [3.8, 4) is 0 Å². The quantitative estimate of drug-likeness (QED) is 0.631. The molecule has 0 aliphatic heterocycles. The summed E-state index contributed by atoms with van der Waals surface area (Å²) in [5, 5.41) is 8.38. The molecule has 0 fully saturated rings. The topological polar surface area (TPSA) is 37.3 Å². The third-order valence-electron chi connectivity index (χ3n) is 1.02. The number of carbonyl (C=O) groups is 1. The number of hydrogen-bond acceptors (Lipinski definition) is 1. The van der Waals surface area contributed by atoms with Crippen LogP contribution in [-0.4, -0.2) is 11.1 Å². The average molecular weight is 134 g/mol. The van der Waals surface area contributed by atoms with E-state index in [4.69, 9.17) is 5.11 Å². The average Bonchev–Trinajstić information content (AvgIpc) is 1.90. The van der Waals surface area contributed by atoms with Crippen LogP contribution < -0.4 is 0 Å².